The molecule has 29 heavy (non-hydrogen) atoms. The zero-order valence-corrected chi connectivity index (χ0v) is 15.8. The Hall–Kier alpha value is -3.92. The number of benzene rings is 3. The molecule has 1 aromatic heterocycles. The maximum absolute atomic E-state index is 4.43. The number of rotatable bonds is 4. The first-order valence-electron chi connectivity index (χ1n) is 9.59. The second-order valence-electron chi connectivity index (χ2n) is 6.90. The Labute approximate surface area is 169 Å². The van der Waals surface area contributed by atoms with Gasteiger partial charge in [0, 0.05) is 17.3 Å². The van der Waals surface area contributed by atoms with Crippen LogP contribution in [0.15, 0.2) is 114 Å². The van der Waals surface area contributed by atoms with Gasteiger partial charge >= 0.3 is 0 Å². The molecule has 138 valence electrons. The normalized spacial score (nSPS) is 13.1. The first-order valence-corrected chi connectivity index (χ1v) is 9.59. The zero-order valence-electron chi connectivity index (χ0n) is 15.8. The van der Waals surface area contributed by atoms with E-state index in [1.807, 2.05) is 47.3 Å². The van der Waals surface area contributed by atoms with Crippen LogP contribution in [0.25, 0.3) is 22.4 Å². The molecule has 0 N–H and O–H groups in total. The molecule has 4 aromatic rings. The molecule has 0 saturated heterocycles. The van der Waals surface area contributed by atoms with Crippen molar-refractivity contribution in [3.8, 4) is 22.4 Å². The first-order chi connectivity index (χ1) is 14.4. The predicted molar refractivity (Wildman–Crippen MR) is 115 cm³/mol. The summed E-state index contributed by atoms with van der Waals surface area (Å²) in [5.74, 6) is 0. The summed E-state index contributed by atoms with van der Waals surface area (Å²) >= 11 is 0. The van der Waals surface area contributed by atoms with Crippen LogP contribution in [0, 0.1) is 0 Å². The second-order valence-corrected chi connectivity index (χ2v) is 6.90. The van der Waals surface area contributed by atoms with Crippen molar-refractivity contribution in [1.29, 1.82) is 0 Å². The average molecular weight is 375 g/mol. The number of hydrogen-bond donors (Lipinski definition) is 0. The Balaban J connectivity index is 1.34. The summed E-state index contributed by atoms with van der Waals surface area (Å²) in [4.78, 5) is 4.43. The highest BCUT2D eigenvalue weighted by molar-refractivity contribution is 6.02. The van der Waals surface area contributed by atoms with Crippen LogP contribution in [0.5, 0.6) is 0 Å². The maximum Gasteiger partial charge on any atom is 0.231 e. The van der Waals surface area contributed by atoms with Crippen molar-refractivity contribution in [2.75, 3.05) is 6.54 Å². The van der Waals surface area contributed by atoms with Crippen molar-refractivity contribution in [3.05, 3.63) is 109 Å². The van der Waals surface area contributed by atoms with Gasteiger partial charge in [0.05, 0.1) is 10.8 Å². The Morgan fingerprint density at radius 3 is 2.14 bits per heavy atom. The number of aromatic nitrogens is 1. The summed E-state index contributed by atoms with van der Waals surface area (Å²) < 4.78 is 1.92. The van der Waals surface area contributed by atoms with Gasteiger partial charge in [0.1, 0.15) is 5.22 Å². The minimum atomic E-state index is 0.649. The monoisotopic (exact) mass is 375 g/mol. The third-order valence-electron chi connectivity index (χ3n) is 5.00. The fourth-order valence-corrected chi connectivity index (χ4v) is 3.45. The van der Waals surface area contributed by atoms with Crippen LogP contribution in [0.2, 0.25) is 0 Å². The van der Waals surface area contributed by atoms with Crippen LogP contribution in [-0.4, -0.2) is 21.9 Å². The lowest BCUT2D eigenvalue weighted by Crippen LogP contribution is -2.11. The van der Waals surface area contributed by atoms with E-state index in [1.54, 1.807) is 0 Å². The Morgan fingerprint density at radius 2 is 1.34 bits per heavy atom. The van der Waals surface area contributed by atoms with Gasteiger partial charge in [-0.3, -0.25) is 4.98 Å². The average Bonchev–Trinajstić information content (AvgIpc) is 3.31. The molecule has 0 fully saturated rings. The molecule has 0 radical (unpaired) electrons. The van der Waals surface area contributed by atoms with Crippen molar-refractivity contribution in [2.45, 2.75) is 0 Å². The van der Waals surface area contributed by atoms with E-state index >= 15 is 0 Å². The number of pyridine rings is 1. The van der Waals surface area contributed by atoms with Gasteiger partial charge in [-0.2, -0.15) is 0 Å². The fraction of sp³-hybridized carbons (Fsp3) is 0.0400. The van der Waals surface area contributed by atoms with E-state index in [9.17, 15) is 0 Å². The molecule has 4 heteroatoms. The lowest BCUT2D eigenvalue weighted by atomic mass is 10.0. The molecule has 0 atom stereocenters. The highest BCUT2D eigenvalue weighted by Gasteiger charge is 2.24. The molecule has 3 aromatic carbocycles. The zero-order chi connectivity index (χ0) is 19.5. The van der Waals surface area contributed by atoms with Gasteiger partial charge < -0.3 is 0 Å². The smallest absolute Gasteiger partial charge is 0.231 e. The Morgan fingerprint density at radius 1 is 0.621 bits per heavy atom. The molecule has 0 bridgehead atoms. The summed E-state index contributed by atoms with van der Waals surface area (Å²) in [6.07, 6.45) is 1.81. The quantitative estimate of drug-likeness (QED) is 0.408. The van der Waals surface area contributed by atoms with E-state index in [4.69, 9.17) is 0 Å². The van der Waals surface area contributed by atoms with E-state index in [0.717, 1.165) is 28.2 Å². The van der Waals surface area contributed by atoms with Crippen LogP contribution in [0.4, 0.5) is 5.69 Å². The van der Waals surface area contributed by atoms with Crippen LogP contribution in [0.3, 0.4) is 0 Å². The topological polar surface area (TPSA) is 40.6 Å². The largest absolute Gasteiger partial charge is 0.256 e. The van der Waals surface area contributed by atoms with E-state index in [2.05, 4.69) is 76.0 Å². The fourth-order valence-electron chi connectivity index (χ4n) is 3.45. The van der Waals surface area contributed by atoms with E-state index < -0.39 is 0 Å². The molecule has 2 heterocycles. The van der Waals surface area contributed by atoms with E-state index in [-0.39, 0.29) is 0 Å². The third-order valence-corrected chi connectivity index (χ3v) is 5.00. The van der Waals surface area contributed by atoms with Crippen LogP contribution in [0.1, 0.15) is 5.56 Å². The maximum atomic E-state index is 4.43. The molecule has 4 nitrogen and oxygen atoms in total. The molecule has 1 aliphatic heterocycles. The van der Waals surface area contributed by atoms with Crippen molar-refractivity contribution in [2.24, 2.45) is 10.3 Å². The van der Waals surface area contributed by atoms with Crippen molar-refractivity contribution in [1.82, 2.24) is 4.98 Å². The molecule has 5 rings (SSSR count). The molecule has 1 aliphatic rings. The minimum absolute atomic E-state index is 0.649. The summed E-state index contributed by atoms with van der Waals surface area (Å²) in [6.45, 7) is 0.649. The Bertz CT molecular complexity index is 1190. The molecule has 0 amide bonds. The second kappa shape index (κ2) is 7.60. The van der Waals surface area contributed by atoms with Gasteiger partial charge in [0.15, 0.2) is 12.2 Å². The van der Waals surface area contributed by atoms with Crippen LogP contribution in [-0.2, 0) is 0 Å². The molecular weight excluding hydrogens is 356 g/mol. The van der Waals surface area contributed by atoms with Gasteiger partial charge in [-0.15, -0.1) is 4.70 Å². The highest BCUT2D eigenvalue weighted by Crippen LogP contribution is 2.25. The van der Waals surface area contributed by atoms with Gasteiger partial charge in [-0.1, -0.05) is 72.8 Å². The van der Waals surface area contributed by atoms with Gasteiger partial charge in [0.25, 0.3) is 0 Å². The summed E-state index contributed by atoms with van der Waals surface area (Å²) in [7, 11) is 0. The molecule has 0 saturated carbocycles. The molecular formula is C25H19N4+. The van der Waals surface area contributed by atoms with Gasteiger partial charge in [-0.05, 0) is 35.4 Å². The van der Waals surface area contributed by atoms with Crippen molar-refractivity contribution in [3.63, 3.8) is 0 Å². The lowest BCUT2D eigenvalue weighted by Gasteiger charge is -2.04. The molecule has 0 spiro atoms. The third kappa shape index (κ3) is 3.60. The van der Waals surface area contributed by atoms with Crippen molar-refractivity contribution >= 4 is 11.4 Å². The molecule has 0 unspecified atom stereocenters. The Kier molecular flexibility index (Phi) is 4.51. The number of hydrogen-bond acceptors (Lipinski definition) is 3. The number of nitrogens with zero attached hydrogens (tertiary/aromatic N) is 4. The summed E-state index contributed by atoms with van der Waals surface area (Å²) in [6, 6.07) is 33.1. The first kappa shape index (κ1) is 17.2. The van der Waals surface area contributed by atoms with Crippen LogP contribution < -0.4 is 0 Å². The van der Waals surface area contributed by atoms with E-state index in [1.165, 1.54) is 11.1 Å². The minimum Gasteiger partial charge on any atom is -0.256 e. The summed E-state index contributed by atoms with van der Waals surface area (Å²) in [5, 5.41) is 8.80. The standard InChI is InChI=1S/C25H19N4/c1-2-7-19(8-3-1)20-12-14-21(15-13-20)25-18-29(28-27-25)23-10-6-9-22(17-23)24-11-4-5-16-26-24/h1-17H,18H2/q+1. The summed E-state index contributed by atoms with van der Waals surface area (Å²) in [5.41, 5.74) is 7.50. The van der Waals surface area contributed by atoms with Crippen molar-refractivity contribution < 1.29 is 4.70 Å². The SMILES string of the molecule is c1ccc(-c2ccc(C3=NN=[N+](c4cccc(-c5ccccn5)c4)C3)cc2)cc1. The van der Waals surface area contributed by atoms with Crippen LogP contribution >= 0.6 is 0 Å². The van der Waals surface area contributed by atoms with E-state index in [0.29, 0.717) is 6.54 Å². The lowest BCUT2D eigenvalue weighted by molar-refractivity contribution is -0.492. The van der Waals surface area contributed by atoms with Gasteiger partial charge in [-0.25, -0.2) is 0 Å². The highest BCUT2D eigenvalue weighted by atomic mass is 15.5. The predicted octanol–water partition coefficient (Wildman–Crippen LogP) is 5.93. The van der Waals surface area contributed by atoms with Gasteiger partial charge in [0.2, 0.25) is 5.71 Å². The molecule has 0 aliphatic carbocycles.